The largest absolute Gasteiger partial charge is 0.466 e. The topological polar surface area (TPSA) is 41.6 Å². The van der Waals surface area contributed by atoms with Crippen molar-refractivity contribution in [1.29, 1.82) is 0 Å². The second-order valence-electron chi connectivity index (χ2n) is 6.46. The predicted octanol–water partition coefficient (Wildman–Crippen LogP) is 4.19. The Morgan fingerprint density at radius 2 is 1.77 bits per heavy atom. The van der Waals surface area contributed by atoms with Crippen LogP contribution in [0.2, 0.25) is 0 Å². The SMILES string of the molecule is COC(=O)C1=C(C)N(c2ccc(C)cc2)C(=S)N[C@@H]1c1cccc(C)c1. The van der Waals surface area contributed by atoms with Gasteiger partial charge in [0.1, 0.15) is 0 Å². The number of thiocarbonyl (C=S) groups is 1. The molecule has 0 saturated heterocycles. The first-order chi connectivity index (χ1) is 12.4. The molecule has 1 aliphatic rings. The number of carbonyl (C=O) groups is 1. The Bertz CT molecular complexity index is 887. The van der Waals surface area contributed by atoms with Crippen LogP contribution >= 0.6 is 12.2 Å². The van der Waals surface area contributed by atoms with E-state index in [9.17, 15) is 4.79 Å². The summed E-state index contributed by atoms with van der Waals surface area (Å²) < 4.78 is 5.07. The Balaban J connectivity index is 2.13. The number of anilines is 1. The molecular weight excluding hydrogens is 344 g/mol. The molecule has 26 heavy (non-hydrogen) atoms. The molecule has 134 valence electrons. The van der Waals surface area contributed by atoms with Crippen molar-refractivity contribution < 1.29 is 9.53 Å². The van der Waals surface area contributed by atoms with Crippen molar-refractivity contribution in [3.05, 3.63) is 76.5 Å². The highest BCUT2D eigenvalue weighted by Gasteiger charge is 2.35. The van der Waals surface area contributed by atoms with Crippen LogP contribution in [0.25, 0.3) is 0 Å². The van der Waals surface area contributed by atoms with Crippen molar-refractivity contribution in [3.8, 4) is 0 Å². The van der Waals surface area contributed by atoms with Crippen molar-refractivity contribution in [2.75, 3.05) is 12.0 Å². The quantitative estimate of drug-likeness (QED) is 0.652. The monoisotopic (exact) mass is 366 g/mol. The van der Waals surface area contributed by atoms with Crippen LogP contribution in [-0.4, -0.2) is 18.2 Å². The van der Waals surface area contributed by atoms with Crippen LogP contribution in [0.4, 0.5) is 5.69 Å². The van der Waals surface area contributed by atoms with E-state index in [4.69, 9.17) is 17.0 Å². The fourth-order valence-electron chi connectivity index (χ4n) is 3.22. The Labute approximate surface area is 159 Å². The van der Waals surface area contributed by atoms with E-state index < -0.39 is 0 Å². The summed E-state index contributed by atoms with van der Waals surface area (Å²) in [6.45, 7) is 5.96. The minimum atomic E-state index is -0.360. The minimum absolute atomic E-state index is 0.337. The number of esters is 1. The van der Waals surface area contributed by atoms with Gasteiger partial charge >= 0.3 is 5.97 Å². The number of ether oxygens (including phenoxy) is 1. The zero-order chi connectivity index (χ0) is 18.8. The molecule has 0 saturated carbocycles. The standard InChI is InChI=1S/C21H22N2O2S/c1-13-8-10-17(11-9-13)23-15(3)18(20(24)25-4)19(22-21(23)26)16-7-5-6-14(2)12-16/h5-12,19H,1-4H3,(H,22,26)/t19-/m1/s1. The zero-order valence-corrected chi connectivity index (χ0v) is 16.2. The minimum Gasteiger partial charge on any atom is -0.466 e. The molecule has 0 amide bonds. The third-order valence-corrected chi connectivity index (χ3v) is 4.86. The fraction of sp³-hybridized carbons (Fsp3) is 0.238. The normalized spacial score (nSPS) is 17.2. The Hall–Kier alpha value is -2.66. The molecule has 0 fully saturated rings. The molecule has 5 heteroatoms. The molecule has 2 aromatic carbocycles. The van der Waals surface area contributed by atoms with E-state index in [1.807, 2.05) is 68.1 Å². The van der Waals surface area contributed by atoms with Gasteiger partial charge in [0.2, 0.25) is 0 Å². The van der Waals surface area contributed by atoms with E-state index in [2.05, 4.69) is 11.4 Å². The van der Waals surface area contributed by atoms with Crippen LogP contribution < -0.4 is 10.2 Å². The number of hydrogen-bond donors (Lipinski definition) is 1. The van der Waals surface area contributed by atoms with Gasteiger partial charge in [-0.05, 0) is 50.7 Å². The second-order valence-corrected chi connectivity index (χ2v) is 6.84. The van der Waals surface area contributed by atoms with Gasteiger partial charge in [0, 0.05) is 11.4 Å². The summed E-state index contributed by atoms with van der Waals surface area (Å²) >= 11 is 5.63. The van der Waals surface area contributed by atoms with Gasteiger partial charge < -0.3 is 10.1 Å². The van der Waals surface area contributed by atoms with Crippen LogP contribution in [0.1, 0.15) is 29.7 Å². The molecular formula is C21H22N2O2S. The first kappa shape index (κ1) is 18.1. The third kappa shape index (κ3) is 3.35. The molecule has 1 atom stereocenters. The molecule has 0 aromatic heterocycles. The van der Waals surface area contributed by atoms with E-state index in [0.717, 1.165) is 28.1 Å². The molecule has 0 radical (unpaired) electrons. The lowest BCUT2D eigenvalue weighted by atomic mass is 9.94. The van der Waals surface area contributed by atoms with E-state index in [1.165, 1.54) is 7.11 Å². The number of methoxy groups -OCH3 is 1. The maximum atomic E-state index is 12.6. The predicted molar refractivity (Wildman–Crippen MR) is 108 cm³/mol. The first-order valence-corrected chi connectivity index (χ1v) is 8.86. The average Bonchev–Trinajstić information content (AvgIpc) is 2.62. The molecule has 0 unspecified atom stereocenters. The van der Waals surface area contributed by atoms with Gasteiger partial charge in [-0.3, -0.25) is 4.90 Å². The lowest BCUT2D eigenvalue weighted by Crippen LogP contribution is -2.48. The number of hydrogen-bond acceptors (Lipinski definition) is 3. The van der Waals surface area contributed by atoms with Crippen LogP contribution in [-0.2, 0) is 9.53 Å². The van der Waals surface area contributed by atoms with Gasteiger partial charge in [0.05, 0.1) is 18.7 Å². The van der Waals surface area contributed by atoms with Crippen LogP contribution in [0, 0.1) is 13.8 Å². The summed E-state index contributed by atoms with van der Waals surface area (Å²) in [4.78, 5) is 14.5. The average molecular weight is 366 g/mol. The van der Waals surface area contributed by atoms with Crippen molar-refractivity contribution in [3.63, 3.8) is 0 Å². The van der Waals surface area contributed by atoms with Crippen LogP contribution in [0.5, 0.6) is 0 Å². The van der Waals surface area contributed by atoms with Crippen molar-refractivity contribution >= 4 is 29.0 Å². The molecule has 3 rings (SSSR count). The van der Waals surface area contributed by atoms with Crippen LogP contribution in [0.3, 0.4) is 0 Å². The van der Waals surface area contributed by atoms with E-state index >= 15 is 0 Å². The summed E-state index contributed by atoms with van der Waals surface area (Å²) in [5.41, 5.74) is 5.52. The highest BCUT2D eigenvalue weighted by atomic mass is 32.1. The van der Waals surface area contributed by atoms with E-state index in [1.54, 1.807) is 0 Å². The van der Waals surface area contributed by atoms with Gasteiger partial charge in [0.15, 0.2) is 5.11 Å². The maximum Gasteiger partial charge on any atom is 0.337 e. The molecule has 0 bridgehead atoms. The zero-order valence-electron chi connectivity index (χ0n) is 15.4. The van der Waals surface area contributed by atoms with E-state index in [0.29, 0.717) is 10.7 Å². The third-order valence-electron chi connectivity index (χ3n) is 4.56. The summed E-state index contributed by atoms with van der Waals surface area (Å²) in [5.74, 6) is -0.360. The van der Waals surface area contributed by atoms with Crippen LogP contribution in [0.15, 0.2) is 59.8 Å². The number of benzene rings is 2. The fourth-order valence-corrected chi connectivity index (χ4v) is 3.58. The smallest absolute Gasteiger partial charge is 0.337 e. The van der Waals surface area contributed by atoms with Gasteiger partial charge in [-0.2, -0.15) is 0 Å². The Morgan fingerprint density at radius 3 is 2.38 bits per heavy atom. The van der Waals surface area contributed by atoms with E-state index in [-0.39, 0.29) is 12.0 Å². The molecule has 2 aromatic rings. The number of aryl methyl sites for hydroxylation is 2. The molecule has 4 nitrogen and oxygen atoms in total. The maximum absolute atomic E-state index is 12.6. The number of carbonyl (C=O) groups excluding carboxylic acids is 1. The lowest BCUT2D eigenvalue weighted by Gasteiger charge is -2.37. The number of allylic oxidation sites excluding steroid dienone is 1. The van der Waals surface area contributed by atoms with Crippen molar-refractivity contribution in [2.24, 2.45) is 0 Å². The Morgan fingerprint density at radius 1 is 1.08 bits per heavy atom. The van der Waals surface area contributed by atoms with Gasteiger partial charge in [-0.25, -0.2) is 4.79 Å². The first-order valence-electron chi connectivity index (χ1n) is 8.45. The number of nitrogens with one attached hydrogen (secondary N) is 1. The molecule has 1 aliphatic heterocycles. The molecule has 1 heterocycles. The van der Waals surface area contributed by atoms with Gasteiger partial charge in [0.25, 0.3) is 0 Å². The highest BCUT2D eigenvalue weighted by molar-refractivity contribution is 7.80. The molecule has 0 aliphatic carbocycles. The van der Waals surface area contributed by atoms with Gasteiger partial charge in [-0.1, -0.05) is 47.5 Å². The molecule has 1 N–H and O–H groups in total. The number of rotatable bonds is 3. The summed E-state index contributed by atoms with van der Waals surface area (Å²) in [6.07, 6.45) is 0. The van der Waals surface area contributed by atoms with Crippen molar-refractivity contribution in [2.45, 2.75) is 26.8 Å². The summed E-state index contributed by atoms with van der Waals surface area (Å²) in [5, 5.41) is 3.88. The number of nitrogens with zero attached hydrogens (tertiary/aromatic N) is 1. The summed E-state index contributed by atoms with van der Waals surface area (Å²) in [7, 11) is 1.40. The lowest BCUT2D eigenvalue weighted by molar-refractivity contribution is -0.136. The highest BCUT2D eigenvalue weighted by Crippen LogP contribution is 2.34. The Kier molecular flexibility index (Phi) is 5.09. The summed E-state index contributed by atoms with van der Waals surface area (Å²) in [6, 6.07) is 15.7. The second kappa shape index (κ2) is 7.30. The molecule has 0 spiro atoms. The van der Waals surface area contributed by atoms with Crippen molar-refractivity contribution in [1.82, 2.24) is 5.32 Å². The van der Waals surface area contributed by atoms with Gasteiger partial charge in [-0.15, -0.1) is 0 Å².